The van der Waals surface area contributed by atoms with Crippen molar-refractivity contribution in [1.82, 2.24) is 20.1 Å². The van der Waals surface area contributed by atoms with Gasteiger partial charge in [0.1, 0.15) is 5.69 Å². The molecular formula is C24H25N5O3. The number of nitrogens with one attached hydrogen (secondary N) is 2. The van der Waals surface area contributed by atoms with Crippen molar-refractivity contribution < 1.29 is 14.0 Å². The Morgan fingerprint density at radius 3 is 2.53 bits per heavy atom. The van der Waals surface area contributed by atoms with Crippen LogP contribution in [0.5, 0.6) is 0 Å². The quantitative estimate of drug-likeness (QED) is 0.475. The highest BCUT2D eigenvalue weighted by atomic mass is 16.3. The number of nitrogens with zero attached hydrogens (tertiary/aromatic N) is 3. The number of aromatic nitrogens is 3. The largest absolute Gasteiger partial charge is 0.463 e. The number of pyridine rings is 1. The number of furan rings is 1. The van der Waals surface area contributed by atoms with Gasteiger partial charge in [0.05, 0.1) is 30.0 Å². The molecule has 32 heavy (non-hydrogen) atoms. The van der Waals surface area contributed by atoms with Crippen molar-refractivity contribution in [3.05, 3.63) is 65.5 Å². The van der Waals surface area contributed by atoms with Crippen LogP contribution >= 0.6 is 0 Å². The molecule has 2 amide bonds. The molecule has 8 nitrogen and oxygen atoms in total. The third-order valence-corrected chi connectivity index (χ3v) is 5.23. The Hall–Kier alpha value is -3.94. The first kappa shape index (κ1) is 21.3. The van der Waals surface area contributed by atoms with Gasteiger partial charge in [-0.2, -0.15) is 5.10 Å². The van der Waals surface area contributed by atoms with Crippen LogP contribution in [0.4, 0.5) is 5.69 Å². The Balaban J connectivity index is 1.59. The SMILES string of the molecule is Cc1cccc(C)c1NC(=O)CNC(=O)c1cc(-c2ccco2)nc2c1cnn2C(C)C. The Labute approximate surface area is 185 Å². The third-order valence-electron chi connectivity index (χ3n) is 5.23. The zero-order valence-corrected chi connectivity index (χ0v) is 18.5. The lowest BCUT2D eigenvalue weighted by Crippen LogP contribution is -2.33. The van der Waals surface area contributed by atoms with Crippen molar-refractivity contribution in [1.29, 1.82) is 0 Å². The van der Waals surface area contributed by atoms with Gasteiger partial charge in [-0.15, -0.1) is 0 Å². The summed E-state index contributed by atoms with van der Waals surface area (Å²) in [6, 6.07) is 11.1. The smallest absolute Gasteiger partial charge is 0.252 e. The number of rotatable bonds is 6. The molecule has 4 rings (SSSR count). The predicted molar refractivity (Wildman–Crippen MR) is 122 cm³/mol. The highest BCUT2D eigenvalue weighted by molar-refractivity contribution is 6.08. The van der Waals surface area contributed by atoms with Crippen molar-refractivity contribution in [3.8, 4) is 11.5 Å². The van der Waals surface area contributed by atoms with Crippen molar-refractivity contribution in [3.63, 3.8) is 0 Å². The average Bonchev–Trinajstić information content (AvgIpc) is 3.44. The van der Waals surface area contributed by atoms with Gasteiger partial charge in [0.15, 0.2) is 11.4 Å². The van der Waals surface area contributed by atoms with E-state index in [1.165, 1.54) is 0 Å². The number of carbonyl (C=O) groups excluding carboxylic acids is 2. The first-order chi connectivity index (χ1) is 15.3. The summed E-state index contributed by atoms with van der Waals surface area (Å²) in [5, 5.41) is 10.6. The number of carbonyl (C=O) groups is 2. The predicted octanol–water partition coefficient (Wildman–Crippen LogP) is 4.26. The molecule has 0 spiro atoms. The maximum atomic E-state index is 13.1. The van der Waals surface area contributed by atoms with Gasteiger partial charge in [-0.3, -0.25) is 9.59 Å². The fraction of sp³-hybridized carbons (Fsp3) is 0.250. The maximum absolute atomic E-state index is 13.1. The molecule has 0 aliphatic heterocycles. The van der Waals surface area contributed by atoms with Crippen molar-refractivity contribution >= 4 is 28.5 Å². The fourth-order valence-electron chi connectivity index (χ4n) is 3.59. The van der Waals surface area contributed by atoms with E-state index in [0.717, 1.165) is 16.8 Å². The standard InChI is InChI=1S/C24H25N5O3/c1-14(2)29-23-18(12-26-29)17(11-19(27-23)20-9-6-10-32-20)24(31)25-13-21(30)28-22-15(3)7-5-8-16(22)4/h5-12,14H,13H2,1-4H3,(H,25,31)(H,28,30). The van der Waals surface area contributed by atoms with Crippen LogP contribution < -0.4 is 10.6 Å². The number of para-hydroxylation sites is 1. The second-order valence-electron chi connectivity index (χ2n) is 7.95. The molecule has 164 valence electrons. The summed E-state index contributed by atoms with van der Waals surface area (Å²) in [5.74, 6) is -0.138. The lowest BCUT2D eigenvalue weighted by Gasteiger charge is -2.12. The van der Waals surface area contributed by atoms with E-state index < -0.39 is 0 Å². The molecule has 2 N–H and O–H groups in total. The van der Waals surface area contributed by atoms with Crippen LogP contribution in [0, 0.1) is 13.8 Å². The summed E-state index contributed by atoms with van der Waals surface area (Å²) < 4.78 is 7.24. The number of hydrogen-bond donors (Lipinski definition) is 2. The topological polar surface area (TPSA) is 102 Å². The van der Waals surface area contributed by atoms with Gasteiger partial charge in [-0.05, 0) is 57.0 Å². The number of aryl methyl sites for hydroxylation is 2. The van der Waals surface area contributed by atoms with E-state index in [4.69, 9.17) is 4.42 Å². The van der Waals surface area contributed by atoms with Gasteiger partial charge in [0, 0.05) is 11.7 Å². The normalized spacial score (nSPS) is 11.2. The molecule has 1 aromatic carbocycles. The highest BCUT2D eigenvalue weighted by Crippen LogP contribution is 2.26. The number of amides is 2. The summed E-state index contributed by atoms with van der Waals surface area (Å²) in [7, 11) is 0. The van der Waals surface area contributed by atoms with E-state index in [2.05, 4.69) is 20.7 Å². The summed E-state index contributed by atoms with van der Waals surface area (Å²) in [6.45, 7) is 7.68. The van der Waals surface area contributed by atoms with E-state index in [1.54, 1.807) is 35.3 Å². The molecule has 0 radical (unpaired) electrons. The maximum Gasteiger partial charge on any atom is 0.252 e. The van der Waals surface area contributed by atoms with Gasteiger partial charge in [0.2, 0.25) is 5.91 Å². The van der Waals surface area contributed by atoms with Crippen molar-refractivity contribution in [2.45, 2.75) is 33.7 Å². The van der Waals surface area contributed by atoms with Crippen molar-refractivity contribution in [2.24, 2.45) is 0 Å². The van der Waals surface area contributed by atoms with Gasteiger partial charge in [-0.1, -0.05) is 18.2 Å². The minimum absolute atomic E-state index is 0.0610. The average molecular weight is 431 g/mol. The number of benzene rings is 1. The van der Waals surface area contributed by atoms with Crippen LogP contribution in [0.15, 0.2) is 53.3 Å². The Morgan fingerprint density at radius 2 is 1.88 bits per heavy atom. The molecule has 0 aliphatic carbocycles. The number of anilines is 1. The van der Waals surface area contributed by atoms with E-state index in [0.29, 0.717) is 28.1 Å². The molecule has 3 heterocycles. The molecule has 8 heteroatoms. The zero-order chi connectivity index (χ0) is 22.8. The summed E-state index contributed by atoms with van der Waals surface area (Å²) in [4.78, 5) is 30.2. The minimum atomic E-state index is -0.384. The molecule has 0 atom stereocenters. The van der Waals surface area contributed by atoms with Gasteiger partial charge >= 0.3 is 0 Å². The molecule has 0 saturated carbocycles. The lowest BCUT2D eigenvalue weighted by molar-refractivity contribution is -0.115. The molecule has 0 saturated heterocycles. The Kier molecular flexibility index (Phi) is 5.77. The van der Waals surface area contributed by atoms with Crippen molar-refractivity contribution in [2.75, 3.05) is 11.9 Å². The number of fused-ring (bicyclic) bond motifs is 1. The van der Waals surface area contributed by atoms with Crippen LogP contribution in [0.3, 0.4) is 0 Å². The Morgan fingerprint density at radius 1 is 1.12 bits per heavy atom. The molecule has 4 aromatic rings. The van der Waals surface area contributed by atoms with E-state index in [-0.39, 0.29) is 24.4 Å². The molecule has 0 unspecified atom stereocenters. The molecule has 0 bridgehead atoms. The van der Waals surface area contributed by atoms with Crippen LogP contribution in [0.25, 0.3) is 22.5 Å². The van der Waals surface area contributed by atoms with Crippen LogP contribution in [-0.2, 0) is 4.79 Å². The van der Waals surface area contributed by atoms with Crippen LogP contribution in [0.2, 0.25) is 0 Å². The summed E-state index contributed by atoms with van der Waals surface area (Å²) in [5.41, 5.74) is 4.17. The second kappa shape index (κ2) is 8.66. The summed E-state index contributed by atoms with van der Waals surface area (Å²) in [6.07, 6.45) is 3.18. The fourth-order valence-corrected chi connectivity index (χ4v) is 3.59. The third kappa shape index (κ3) is 4.12. The van der Waals surface area contributed by atoms with E-state index in [1.807, 2.05) is 45.9 Å². The lowest BCUT2D eigenvalue weighted by atomic mass is 10.1. The van der Waals surface area contributed by atoms with Crippen LogP contribution in [-0.4, -0.2) is 33.1 Å². The molecular weight excluding hydrogens is 406 g/mol. The molecule has 0 fully saturated rings. The molecule has 3 aromatic heterocycles. The highest BCUT2D eigenvalue weighted by Gasteiger charge is 2.20. The van der Waals surface area contributed by atoms with Gasteiger partial charge in [0.25, 0.3) is 5.91 Å². The monoisotopic (exact) mass is 431 g/mol. The zero-order valence-electron chi connectivity index (χ0n) is 18.5. The number of hydrogen-bond acceptors (Lipinski definition) is 5. The van der Waals surface area contributed by atoms with Crippen LogP contribution in [0.1, 0.15) is 41.4 Å². The minimum Gasteiger partial charge on any atom is -0.463 e. The first-order valence-electron chi connectivity index (χ1n) is 10.4. The van der Waals surface area contributed by atoms with E-state index in [9.17, 15) is 9.59 Å². The molecule has 0 aliphatic rings. The first-order valence-corrected chi connectivity index (χ1v) is 10.4. The second-order valence-corrected chi connectivity index (χ2v) is 7.95. The van der Waals surface area contributed by atoms with Gasteiger partial charge < -0.3 is 15.1 Å². The summed E-state index contributed by atoms with van der Waals surface area (Å²) >= 11 is 0. The van der Waals surface area contributed by atoms with Gasteiger partial charge in [-0.25, -0.2) is 9.67 Å². The Bertz CT molecular complexity index is 1270. The van der Waals surface area contributed by atoms with E-state index >= 15 is 0 Å².